The molecule has 2 aliphatic rings. The highest BCUT2D eigenvalue weighted by Gasteiger charge is 2.30. The molecule has 0 N–H and O–H groups in total. The van der Waals surface area contributed by atoms with Crippen LogP contribution >= 0.6 is 0 Å². The third kappa shape index (κ3) is 4.17. The first-order valence-corrected chi connectivity index (χ1v) is 10.9. The molecule has 1 amide bonds. The van der Waals surface area contributed by atoms with Gasteiger partial charge in [0.1, 0.15) is 6.61 Å². The number of hydrogen-bond donors (Lipinski definition) is 0. The number of anilines is 1. The van der Waals surface area contributed by atoms with Gasteiger partial charge in [0, 0.05) is 23.9 Å². The second kappa shape index (κ2) is 8.68. The molecule has 30 heavy (non-hydrogen) atoms. The molecule has 0 bridgehead atoms. The van der Waals surface area contributed by atoms with E-state index in [1.807, 2.05) is 30.0 Å². The molecular weight excluding hydrogens is 376 g/mol. The standard InChI is InChI=1S/C25H32N2O3/c1-17-7-9-26(10-8-17)11-12-30-23-15-21(5-6-22(23)29-4)27-16-20-14-18(2)13-19(3)24(20)25(27)28/h5-6,13-15,17H,7-12,16H2,1-4H3. The van der Waals surface area contributed by atoms with E-state index < -0.39 is 0 Å². The van der Waals surface area contributed by atoms with Crippen LogP contribution in [0.5, 0.6) is 11.5 Å². The summed E-state index contributed by atoms with van der Waals surface area (Å²) < 4.78 is 11.6. The Hall–Kier alpha value is -2.53. The zero-order valence-electron chi connectivity index (χ0n) is 18.5. The Labute approximate surface area is 179 Å². The summed E-state index contributed by atoms with van der Waals surface area (Å²) in [5.41, 5.74) is 4.99. The van der Waals surface area contributed by atoms with E-state index in [2.05, 4.69) is 30.9 Å². The molecule has 0 saturated carbocycles. The Bertz CT molecular complexity index is 932. The van der Waals surface area contributed by atoms with E-state index in [0.717, 1.165) is 47.9 Å². The quantitative estimate of drug-likeness (QED) is 0.701. The van der Waals surface area contributed by atoms with E-state index in [9.17, 15) is 4.79 Å². The van der Waals surface area contributed by atoms with E-state index in [1.165, 1.54) is 18.4 Å². The fraction of sp³-hybridized carbons (Fsp3) is 0.480. The zero-order chi connectivity index (χ0) is 21.3. The van der Waals surface area contributed by atoms with Gasteiger partial charge in [0.2, 0.25) is 0 Å². The highest BCUT2D eigenvalue weighted by atomic mass is 16.5. The van der Waals surface area contributed by atoms with Gasteiger partial charge in [-0.15, -0.1) is 0 Å². The maximum Gasteiger partial charge on any atom is 0.259 e. The van der Waals surface area contributed by atoms with Crippen LogP contribution in [0.15, 0.2) is 30.3 Å². The van der Waals surface area contributed by atoms with Gasteiger partial charge < -0.3 is 14.4 Å². The van der Waals surface area contributed by atoms with Gasteiger partial charge >= 0.3 is 0 Å². The van der Waals surface area contributed by atoms with Gasteiger partial charge in [-0.2, -0.15) is 0 Å². The molecule has 2 aliphatic heterocycles. The maximum atomic E-state index is 13.1. The van der Waals surface area contributed by atoms with Crippen molar-refractivity contribution >= 4 is 11.6 Å². The van der Waals surface area contributed by atoms with E-state index in [1.54, 1.807) is 7.11 Å². The van der Waals surface area contributed by atoms with Gasteiger partial charge in [-0.1, -0.05) is 24.6 Å². The number of benzene rings is 2. The van der Waals surface area contributed by atoms with Crippen molar-refractivity contribution in [2.24, 2.45) is 5.92 Å². The first kappa shape index (κ1) is 20.7. The van der Waals surface area contributed by atoms with Gasteiger partial charge in [-0.3, -0.25) is 9.69 Å². The lowest BCUT2D eigenvalue weighted by Gasteiger charge is -2.30. The number of nitrogens with zero attached hydrogens (tertiary/aromatic N) is 2. The average Bonchev–Trinajstić information content (AvgIpc) is 3.05. The van der Waals surface area contributed by atoms with Crippen LogP contribution in [0.4, 0.5) is 5.69 Å². The number of likely N-dealkylation sites (tertiary alicyclic amines) is 1. The number of aryl methyl sites for hydroxylation is 2. The number of ether oxygens (including phenoxy) is 2. The Morgan fingerprint density at radius 1 is 1.07 bits per heavy atom. The molecule has 0 spiro atoms. The van der Waals surface area contributed by atoms with Crippen LogP contribution in [0.2, 0.25) is 0 Å². The maximum absolute atomic E-state index is 13.1. The van der Waals surface area contributed by atoms with Gasteiger partial charge in [0.25, 0.3) is 5.91 Å². The second-order valence-corrected chi connectivity index (χ2v) is 8.72. The molecule has 5 nitrogen and oxygen atoms in total. The summed E-state index contributed by atoms with van der Waals surface area (Å²) in [7, 11) is 1.65. The molecule has 0 aromatic heterocycles. The number of hydrogen-bond acceptors (Lipinski definition) is 4. The number of carbonyl (C=O) groups excluding carboxylic acids is 1. The van der Waals surface area contributed by atoms with Crippen LogP contribution in [0, 0.1) is 19.8 Å². The van der Waals surface area contributed by atoms with Crippen molar-refractivity contribution in [3.63, 3.8) is 0 Å². The minimum atomic E-state index is 0.0565. The van der Waals surface area contributed by atoms with Gasteiger partial charge in [-0.05, 0) is 69.0 Å². The van der Waals surface area contributed by atoms with E-state index in [0.29, 0.717) is 24.7 Å². The molecule has 160 valence electrons. The smallest absolute Gasteiger partial charge is 0.259 e. The van der Waals surface area contributed by atoms with Crippen molar-refractivity contribution in [1.29, 1.82) is 0 Å². The molecule has 0 aliphatic carbocycles. The van der Waals surface area contributed by atoms with E-state index >= 15 is 0 Å². The summed E-state index contributed by atoms with van der Waals surface area (Å²) >= 11 is 0. The van der Waals surface area contributed by atoms with Crippen molar-refractivity contribution < 1.29 is 14.3 Å². The fourth-order valence-corrected chi connectivity index (χ4v) is 4.59. The monoisotopic (exact) mass is 408 g/mol. The van der Waals surface area contributed by atoms with Crippen LogP contribution in [-0.4, -0.2) is 44.2 Å². The Kier molecular flexibility index (Phi) is 6.00. The third-order valence-electron chi connectivity index (χ3n) is 6.35. The summed E-state index contributed by atoms with van der Waals surface area (Å²) in [4.78, 5) is 17.4. The SMILES string of the molecule is COc1ccc(N2Cc3cc(C)cc(C)c3C2=O)cc1OCCN1CCC(C)CC1. The highest BCUT2D eigenvalue weighted by Crippen LogP contribution is 2.36. The van der Waals surface area contributed by atoms with Crippen molar-refractivity contribution in [2.75, 3.05) is 38.3 Å². The number of fused-ring (bicyclic) bond motifs is 1. The fourth-order valence-electron chi connectivity index (χ4n) is 4.59. The average molecular weight is 409 g/mol. The predicted molar refractivity (Wildman–Crippen MR) is 120 cm³/mol. The van der Waals surface area contributed by atoms with Crippen molar-refractivity contribution in [2.45, 2.75) is 40.2 Å². The van der Waals surface area contributed by atoms with Gasteiger partial charge in [-0.25, -0.2) is 0 Å². The van der Waals surface area contributed by atoms with Crippen LogP contribution in [0.25, 0.3) is 0 Å². The molecule has 1 fully saturated rings. The normalized spacial score (nSPS) is 17.3. The third-order valence-corrected chi connectivity index (χ3v) is 6.35. The second-order valence-electron chi connectivity index (χ2n) is 8.72. The zero-order valence-corrected chi connectivity index (χ0v) is 18.5. The number of rotatable bonds is 6. The molecule has 4 rings (SSSR count). The predicted octanol–water partition coefficient (Wildman–Crippen LogP) is 4.58. The van der Waals surface area contributed by atoms with Crippen LogP contribution in [-0.2, 0) is 6.54 Å². The number of carbonyl (C=O) groups is 1. The molecular formula is C25H32N2O3. The molecule has 0 atom stereocenters. The number of methoxy groups -OCH3 is 1. The minimum Gasteiger partial charge on any atom is -0.493 e. The summed E-state index contributed by atoms with van der Waals surface area (Å²) in [6.07, 6.45) is 2.52. The number of amides is 1. The molecule has 1 saturated heterocycles. The van der Waals surface area contributed by atoms with Crippen LogP contribution in [0.3, 0.4) is 0 Å². The molecule has 2 aromatic carbocycles. The van der Waals surface area contributed by atoms with Crippen molar-refractivity contribution in [1.82, 2.24) is 4.90 Å². The Morgan fingerprint density at radius 3 is 2.57 bits per heavy atom. The lowest BCUT2D eigenvalue weighted by molar-refractivity contribution is 0.0996. The molecule has 2 aromatic rings. The van der Waals surface area contributed by atoms with Crippen LogP contribution < -0.4 is 14.4 Å². The molecule has 0 unspecified atom stereocenters. The highest BCUT2D eigenvalue weighted by molar-refractivity contribution is 6.11. The summed E-state index contributed by atoms with van der Waals surface area (Å²) in [5.74, 6) is 2.27. The summed E-state index contributed by atoms with van der Waals surface area (Å²) in [6, 6.07) is 9.94. The first-order chi connectivity index (χ1) is 14.5. The largest absolute Gasteiger partial charge is 0.493 e. The lowest BCUT2D eigenvalue weighted by atomic mass is 9.99. The summed E-state index contributed by atoms with van der Waals surface area (Å²) in [5, 5.41) is 0. The molecule has 0 radical (unpaired) electrons. The van der Waals surface area contributed by atoms with E-state index in [4.69, 9.17) is 9.47 Å². The first-order valence-electron chi connectivity index (χ1n) is 10.9. The summed E-state index contributed by atoms with van der Waals surface area (Å²) in [6.45, 7) is 10.8. The van der Waals surface area contributed by atoms with Crippen LogP contribution in [0.1, 0.15) is 46.8 Å². The minimum absolute atomic E-state index is 0.0565. The molecule has 5 heteroatoms. The van der Waals surface area contributed by atoms with E-state index in [-0.39, 0.29) is 5.91 Å². The number of piperidine rings is 1. The van der Waals surface area contributed by atoms with Crippen molar-refractivity contribution in [3.8, 4) is 11.5 Å². The topological polar surface area (TPSA) is 42.0 Å². The van der Waals surface area contributed by atoms with Crippen molar-refractivity contribution in [3.05, 3.63) is 52.6 Å². The van der Waals surface area contributed by atoms with Gasteiger partial charge in [0.15, 0.2) is 11.5 Å². The lowest BCUT2D eigenvalue weighted by Crippen LogP contribution is -2.35. The Balaban J connectivity index is 1.48. The van der Waals surface area contributed by atoms with Gasteiger partial charge in [0.05, 0.1) is 13.7 Å². The molecule has 2 heterocycles. The Morgan fingerprint density at radius 2 is 1.83 bits per heavy atom.